The highest BCUT2D eigenvalue weighted by Crippen LogP contribution is 2.32. The van der Waals surface area contributed by atoms with Crippen LogP contribution in [0.25, 0.3) is 0 Å². The second-order valence-electron chi connectivity index (χ2n) is 15.4. The third-order valence-corrected chi connectivity index (χ3v) is 10.3. The standard InChI is InChI=1S/C38H57N5O8/c1-24(42(5)37(50)51-38(2,3)4)34(47)41-33(26-15-7-6-8-16-26)36(49)43-23-27(39-31(44)20-11-12-21-32(45)46)22-30(43)35(48)40-29-19-13-17-25-14-9-10-18-28(25)29/h9-10,14,18,24,26-27,29-30,33H,6-8,11-13,15-17,19-23H2,1-5H3,(H,39,44)(H,40,48)(H,41,47)(H,45,46)/t24-,27-,29+,30-,33-/m0/s1. The van der Waals surface area contributed by atoms with Gasteiger partial charge in [-0.1, -0.05) is 43.5 Å². The quantitative estimate of drug-likeness (QED) is 0.220. The van der Waals surface area contributed by atoms with Crippen LogP contribution in [-0.2, 0) is 35.1 Å². The van der Waals surface area contributed by atoms with Gasteiger partial charge in [0, 0.05) is 32.5 Å². The van der Waals surface area contributed by atoms with E-state index in [2.05, 4.69) is 22.0 Å². The number of carbonyl (C=O) groups is 6. The minimum atomic E-state index is -0.934. The van der Waals surface area contributed by atoms with Gasteiger partial charge in [0.05, 0.1) is 6.04 Å². The zero-order valence-electron chi connectivity index (χ0n) is 30.9. The van der Waals surface area contributed by atoms with E-state index in [-0.39, 0.29) is 55.5 Å². The molecule has 4 rings (SSSR count). The summed E-state index contributed by atoms with van der Waals surface area (Å²) in [4.78, 5) is 81.8. The maximum Gasteiger partial charge on any atom is 0.410 e. The largest absolute Gasteiger partial charge is 0.481 e. The molecule has 0 bridgehead atoms. The molecule has 2 fully saturated rings. The van der Waals surface area contributed by atoms with Crippen molar-refractivity contribution in [3.8, 4) is 0 Å². The molecule has 5 amide bonds. The number of likely N-dealkylation sites (tertiary alicyclic amines) is 1. The van der Waals surface area contributed by atoms with Gasteiger partial charge in [-0.25, -0.2) is 4.79 Å². The number of ether oxygens (including phenoxy) is 1. The minimum absolute atomic E-state index is 0.0218. The van der Waals surface area contributed by atoms with Crippen molar-refractivity contribution in [2.24, 2.45) is 5.92 Å². The first kappa shape index (κ1) is 39.6. The molecule has 3 aliphatic rings. The molecule has 1 aliphatic heterocycles. The van der Waals surface area contributed by atoms with Crippen molar-refractivity contribution in [2.45, 2.75) is 147 Å². The van der Waals surface area contributed by atoms with E-state index in [0.717, 1.165) is 56.9 Å². The highest BCUT2D eigenvalue weighted by Gasteiger charge is 2.45. The number of aryl methyl sites for hydroxylation is 1. The van der Waals surface area contributed by atoms with E-state index in [9.17, 15) is 28.8 Å². The molecule has 0 unspecified atom stereocenters. The number of fused-ring (bicyclic) bond motifs is 1. The molecule has 5 atom stereocenters. The van der Waals surface area contributed by atoms with Gasteiger partial charge in [0.25, 0.3) is 0 Å². The van der Waals surface area contributed by atoms with Gasteiger partial charge in [0.1, 0.15) is 23.7 Å². The lowest BCUT2D eigenvalue weighted by atomic mass is 9.83. The van der Waals surface area contributed by atoms with Gasteiger partial charge in [-0.2, -0.15) is 0 Å². The summed E-state index contributed by atoms with van der Waals surface area (Å²) >= 11 is 0. The maximum atomic E-state index is 14.7. The van der Waals surface area contributed by atoms with E-state index in [1.54, 1.807) is 27.7 Å². The molecule has 1 heterocycles. The number of hydrogen-bond donors (Lipinski definition) is 4. The summed E-state index contributed by atoms with van der Waals surface area (Å²) in [5.74, 6) is -2.54. The first-order chi connectivity index (χ1) is 24.1. The second kappa shape index (κ2) is 17.9. The summed E-state index contributed by atoms with van der Waals surface area (Å²) < 4.78 is 5.46. The molecule has 1 aromatic rings. The van der Waals surface area contributed by atoms with Crippen LogP contribution in [0.3, 0.4) is 0 Å². The third kappa shape index (κ3) is 11.2. The highest BCUT2D eigenvalue weighted by molar-refractivity contribution is 5.94. The number of hydrogen-bond acceptors (Lipinski definition) is 7. The number of nitrogens with zero attached hydrogens (tertiary/aromatic N) is 2. The Labute approximate surface area is 301 Å². The van der Waals surface area contributed by atoms with Gasteiger partial charge in [0.15, 0.2) is 0 Å². The molecule has 1 saturated heterocycles. The van der Waals surface area contributed by atoms with E-state index in [0.29, 0.717) is 12.8 Å². The fourth-order valence-electron chi connectivity index (χ4n) is 7.44. The van der Waals surface area contributed by atoms with Gasteiger partial charge >= 0.3 is 12.1 Å². The lowest BCUT2D eigenvalue weighted by molar-refractivity contribution is -0.143. The zero-order valence-corrected chi connectivity index (χ0v) is 30.9. The Kier molecular flexibility index (Phi) is 13.9. The first-order valence-electron chi connectivity index (χ1n) is 18.6. The van der Waals surface area contributed by atoms with E-state index >= 15 is 0 Å². The summed E-state index contributed by atoms with van der Waals surface area (Å²) in [7, 11) is 1.48. The number of aliphatic carboxylic acids is 1. The van der Waals surface area contributed by atoms with Crippen molar-refractivity contribution in [2.75, 3.05) is 13.6 Å². The van der Waals surface area contributed by atoms with Crippen LogP contribution in [0.15, 0.2) is 24.3 Å². The van der Waals surface area contributed by atoms with Crippen molar-refractivity contribution >= 4 is 35.7 Å². The SMILES string of the molecule is C[C@@H](C(=O)N[C@H](C(=O)N1C[C@@H](NC(=O)CCCCC(=O)O)C[C@H]1C(=O)N[C@@H]1CCCc2ccccc21)C1CCCCC1)N(C)C(=O)OC(C)(C)C. The summed E-state index contributed by atoms with van der Waals surface area (Å²) in [5.41, 5.74) is 1.50. The van der Waals surface area contributed by atoms with Crippen molar-refractivity contribution in [1.82, 2.24) is 25.8 Å². The Morgan fingerprint density at radius 1 is 0.961 bits per heavy atom. The van der Waals surface area contributed by atoms with Gasteiger partial charge in [-0.05, 0) is 96.1 Å². The Morgan fingerprint density at radius 2 is 1.65 bits per heavy atom. The fraction of sp³-hybridized carbons (Fsp3) is 0.684. The van der Waals surface area contributed by atoms with Crippen molar-refractivity contribution in [1.29, 1.82) is 0 Å². The third-order valence-electron chi connectivity index (χ3n) is 10.3. The van der Waals surface area contributed by atoms with Crippen LogP contribution in [0.5, 0.6) is 0 Å². The van der Waals surface area contributed by atoms with Crippen molar-refractivity contribution in [3.05, 3.63) is 35.4 Å². The van der Waals surface area contributed by atoms with Crippen LogP contribution in [0, 0.1) is 5.92 Å². The lowest BCUT2D eigenvalue weighted by Crippen LogP contribution is -2.59. The normalized spacial score (nSPS) is 21.8. The summed E-state index contributed by atoms with van der Waals surface area (Å²) in [6.45, 7) is 6.90. The van der Waals surface area contributed by atoms with E-state index in [1.807, 2.05) is 18.2 Å². The number of benzene rings is 1. The topological polar surface area (TPSA) is 174 Å². The molecular weight excluding hydrogens is 654 g/mol. The lowest BCUT2D eigenvalue weighted by Gasteiger charge is -2.36. The van der Waals surface area contributed by atoms with Crippen molar-refractivity contribution < 1.29 is 38.6 Å². The predicted molar refractivity (Wildman–Crippen MR) is 190 cm³/mol. The first-order valence-corrected chi connectivity index (χ1v) is 18.6. The van der Waals surface area contributed by atoms with Crippen LogP contribution >= 0.6 is 0 Å². The van der Waals surface area contributed by atoms with Crippen LogP contribution in [0.2, 0.25) is 0 Å². The molecule has 0 spiro atoms. The Hall–Kier alpha value is -4.16. The number of rotatable bonds is 13. The Bertz CT molecular complexity index is 1420. The Balaban J connectivity index is 1.55. The van der Waals surface area contributed by atoms with E-state index in [1.165, 1.54) is 22.4 Å². The average molecular weight is 712 g/mol. The molecule has 4 N–H and O–H groups in total. The highest BCUT2D eigenvalue weighted by atomic mass is 16.6. The molecule has 0 radical (unpaired) electrons. The minimum Gasteiger partial charge on any atom is -0.481 e. The number of carboxylic acids is 1. The molecule has 13 heteroatoms. The van der Waals surface area contributed by atoms with Crippen LogP contribution < -0.4 is 16.0 Å². The van der Waals surface area contributed by atoms with E-state index < -0.39 is 47.7 Å². The smallest absolute Gasteiger partial charge is 0.410 e. The molecule has 13 nitrogen and oxygen atoms in total. The maximum absolute atomic E-state index is 14.7. The van der Waals surface area contributed by atoms with Crippen LogP contribution in [0.4, 0.5) is 4.79 Å². The number of unbranched alkanes of at least 4 members (excludes halogenated alkanes) is 1. The molecular formula is C38H57N5O8. The number of nitrogens with one attached hydrogen (secondary N) is 3. The molecule has 1 saturated carbocycles. The predicted octanol–water partition coefficient (Wildman–Crippen LogP) is 4.23. The van der Waals surface area contributed by atoms with Crippen LogP contribution in [-0.4, -0.2) is 94.0 Å². The van der Waals surface area contributed by atoms with Gasteiger partial charge in [-0.15, -0.1) is 0 Å². The fourth-order valence-corrected chi connectivity index (χ4v) is 7.44. The summed E-state index contributed by atoms with van der Waals surface area (Å²) in [6, 6.07) is 4.58. The van der Waals surface area contributed by atoms with Crippen LogP contribution in [0.1, 0.15) is 122 Å². The monoisotopic (exact) mass is 711 g/mol. The average Bonchev–Trinajstić information content (AvgIpc) is 3.51. The number of amides is 5. The summed E-state index contributed by atoms with van der Waals surface area (Å²) in [6.07, 6.45) is 7.35. The van der Waals surface area contributed by atoms with E-state index in [4.69, 9.17) is 9.84 Å². The zero-order chi connectivity index (χ0) is 37.3. The number of carbonyl (C=O) groups excluding carboxylic acids is 5. The van der Waals surface area contributed by atoms with Gasteiger partial charge < -0.3 is 30.7 Å². The molecule has 282 valence electrons. The second-order valence-corrected chi connectivity index (χ2v) is 15.4. The number of likely N-dealkylation sites (N-methyl/N-ethyl adjacent to an activating group) is 1. The molecule has 2 aliphatic carbocycles. The molecule has 1 aromatic carbocycles. The Morgan fingerprint density at radius 3 is 2.33 bits per heavy atom. The summed E-state index contributed by atoms with van der Waals surface area (Å²) in [5, 5.41) is 18.1. The van der Waals surface area contributed by atoms with Gasteiger partial charge in [-0.3, -0.25) is 28.9 Å². The molecule has 51 heavy (non-hydrogen) atoms. The van der Waals surface area contributed by atoms with Gasteiger partial charge in [0.2, 0.25) is 23.6 Å². The number of carboxylic acid groups (broad SMARTS) is 1. The molecule has 0 aromatic heterocycles. The van der Waals surface area contributed by atoms with Crippen molar-refractivity contribution in [3.63, 3.8) is 0 Å².